The van der Waals surface area contributed by atoms with Crippen LogP contribution in [0.4, 0.5) is 0 Å². The van der Waals surface area contributed by atoms with Crippen molar-refractivity contribution in [2.75, 3.05) is 0 Å². The molecule has 0 spiro atoms. The summed E-state index contributed by atoms with van der Waals surface area (Å²) in [7, 11) is 0. The number of Topliss-reactive ketones (excluding diaryl/α,β-unsaturated/α-hetero) is 1. The molecule has 1 unspecified atom stereocenters. The topological polar surface area (TPSA) is 66.4 Å². The summed E-state index contributed by atoms with van der Waals surface area (Å²) in [5.74, 6) is -0.990. The molecule has 1 heterocycles. The number of ketones is 1. The van der Waals surface area contributed by atoms with Gasteiger partial charge in [-0.1, -0.05) is 26.2 Å². The molecule has 2 rings (SSSR count). The Balaban J connectivity index is 2.34. The fourth-order valence-electron chi connectivity index (χ4n) is 3.29. The molecule has 20 heavy (non-hydrogen) atoms. The number of nitrogens with one attached hydrogen (secondary N) is 1. The molecule has 0 saturated carbocycles. The molecule has 0 aromatic heterocycles. The number of hydrogen-bond acceptors (Lipinski definition) is 3. The van der Waals surface area contributed by atoms with Crippen molar-refractivity contribution in [2.45, 2.75) is 58.8 Å². The van der Waals surface area contributed by atoms with Crippen LogP contribution >= 0.6 is 0 Å². The van der Waals surface area contributed by atoms with Gasteiger partial charge in [0.25, 0.3) is 0 Å². The lowest BCUT2D eigenvalue weighted by molar-refractivity contribution is -0.133. The van der Waals surface area contributed by atoms with Crippen molar-refractivity contribution in [3.63, 3.8) is 0 Å². The Morgan fingerprint density at radius 1 is 1.35 bits per heavy atom. The molecule has 2 N–H and O–H groups in total. The van der Waals surface area contributed by atoms with Crippen LogP contribution in [-0.4, -0.2) is 16.9 Å². The number of allylic oxidation sites excluding steroid dienone is 3. The Hall–Kier alpha value is -1.58. The average Bonchev–Trinajstić information content (AvgIpc) is 2.38. The molecule has 4 heteroatoms. The van der Waals surface area contributed by atoms with Crippen LogP contribution in [0.15, 0.2) is 22.5 Å². The molecule has 0 saturated heterocycles. The molecule has 0 aromatic carbocycles. The molecule has 0 fully saturated rings. The van der Waals surface area contributed by atoms with Gasteiger partial charge in [-0.2, -0.15) is 0 Å². The fourth-order valence-corrected chi connectivity index (χ4v) is 3.29. The van der Waals surface area contributed by atoms with Crippen LogP contribution in [0.1, 0.15) is 58.8 Å². The minimum absolute atomic E-state index is 0.131. The molecule has 1 aliphatic carbocycles. The van der Waals surface area contributed by atoms with Gasteiger partial charge >= 0.3 is 5.97 Å². The molecule has 1 aliphatic heterocycles. The number of aliphatic carboxylic acids is 1. The van der Waals surface area contributed by atoms with Crippen molar-refractivity contribution in [3.05, 3.63) is 22.5 Å². The number of carbonyl (C=O) groups is 2. The average molecular weight is 277 g/mol. The predicted octanol–water partition coefficient (Wildman–Crippen LogP) is 3.15. The zero-order valence-electron chi connectivity index (χ0n) is 12.3. The van der Waals surface area contributed by atoms with E-state index in [1.54, 1.807) is 6.92 Å². The number of unbranched alkanes of at least 4 members (excludes halogenated alkanes) is 2. The maximum Gasteiger partial charge on any atom is 0.333 e. The van der Waals surface area contributed by atoms with Gasteiger partial charge in [0.1, 0.15) is 0 Å². The van der Waals surface area contributed by atoms with E-state index in [2.05, 4.69) is 12.2 Å². The number of carboxylic acids is 1. The highest BCUT2D eigenvalue weighted by molar-refractivity contribution is 6.01. The van der Waals surface area contributed by atoms with E-state index in [-0.39, 0.29) is 11.7 Å². The molecule has 0 bridgehead atoms. The van der Waals surface area contributed by atoms with Crippen LogP contribution in [0.25, 0.3) is 0 Å². The van der Waals surface area contributed by atoms with E-state index in [1.807, 2.05) is 0 Å². The summed E-state index contributed by atoms with van der Waals surface area (Å²) in [6.45, 7) is 3.93. The zero-order chi connectivity index (χ0) is 14.7. The van der Waals surface area contributed by atoms with Gasteiger partial charge in [-0.15, -0.1) is 0 Å². The summed E-state index contributed by atoms with van der Waals surface area (Å²) < 4.78 is 0. The van der Waals surface area contributed by atoms with Gasteiger partial charge in [0.2, 0.25) is 0 Å². The van der Waals surface area contributed by atoms with Crippen molar-refractivity contribution in [3.8, 4) is 0 Å². The molecule has 2 aliphatic rings. The third-order valence-electron chi connectivity index (χ3n) is 4.22. The van der Waals surface area contributed by atoms with E-state index >= 15 is 0 Å². The number of dihydropyridines is 1. The Labute approximate surface area is 119 Å². The lowest BCUT2D eigenvalue weighted by atomic mass is 9.76. The second-order valence-electron chi connectivity index (χ2n) is 5.69. The predicted molar refractivity (Wildman–Crippen MR) is 77.0 cm³/mol. The van der Waals surface area contributed by atoms with E-state index < -0.39 is 5.97 Å². The zero-order valence-corrected chi connectivity index (χ0v) is 12.3. The summed E-state index contributed by atoms with van der Waals surface area (Å²) in [6.07, 6.45) is 6.17. The highest BCUT2D eigenvalue weighted by atomic mass is 16.4. The quantitative estimate of drug-likeness (QED) is 0.758. The van der Waals surface area contributed by atoms with Crippen LogP contribution < -0.4 is 5.32 Å². The van der Waals surface area contributed by atoms with Crippen LogP contribution in [0, 0.1) is 5.92 Å². The molecule has 1 atom stereocenters. The summed E-state index contributed by atoms with van der Waals surface area (Å²) >= 11 is 0. The summed E-state index contributed by atoms with van der Waals surface area (Å²) in [5.41, 5.74) is 2.79. The van der Waals surface area contributed by atoms with E-state index in [0.29, 0.717) is 17.7 Å². The van der Waals surface area contributed by atoms with Gasteiger partial charge in [0.05, 0.1) is 5.57 Å². The number of hydrogen-bond donors (Lipinski definition) is 2. The first kappa shape index (κ1) is 14.8. The first-order valence-electron chi connectivity index (χ1n) is 7.53. The van der Waals surface area contributed by atoms with Crippen LogP contribution in [0.2, 0.25) is 0 Å². The molecule has 110 valence electrons. The third kappa shape index (κ3) is 2.79. The summed E-state index contributed by atoms with van der Waals surface area (Å²) in [5, 5.41) is 12.6. The van der Waals surface area contributed by atoms with Crippen LogP contribution in [0.3, 0.4) is 0 Å². The van der Waals surface area contributed by atoms with Crippen molar-refractivity contribution in [2.24, 2.45) is 5.92 Å². The maximum absolute atomic E-state index is 12.2. The summed E-state index contributed by atoms with van der Waals surface area (Å²) in [6, 6.07) is 0. The van der Waals surface area contributed by atoms with Gasteiger partial charge in [-0.25, -0.2) is 4.79 Å². The Bertz CT molecular complexity index is 488. The highest BCUT2D eigenvalue weighted by Crippen LogP contribution is 2.38. The normalized spacial score (nSPS) is 22.7. The lowest BCUT2D eigenvalue weighted by Gasteiger charge is -2.33. The molecule has 4 nitrogen and oxygen atoms in total. The van der Waals surface area contributed by atoms with E-state index in [4.69, 9.17) is 0 Å². The molecule has 0 aromatic rings. The van der Waals surface area contributed by atoms with Crippen molar-refractivity contribution in [1.29, 1.82) is 0 Å². The van der Waals surface area contributed by atoms with E-state index in [0.717, 1.165) is 49.8 Å². The SMILES string of the molecule is CCCCCC1C(C(=O)O)=C(C)NC2=C1C(=O)CCC2. The highest BCUT2D eigenvalue weighted by Gasteiger charge is 2.36. The monoisotopic (exact) mass is 277 g/mol. The molecule has 0 radical (unpaired) electrons. The molecular weight excluding hydrogens is 254 g/mol. The number of carboxylic acid groups (broad SMARTS) is 1. The fraction of sp³-hybridized carbons (Fsp3) is 0.625. The van der Waals surface area contributed by atoms with Gasteiger partial charge in [-0.3, -0.25) is 4.79 Å². The largest absolute Gasteiger partial charge is 0.478 e. The van der Waals surface area contributed by atoms with Crippen LogP contribution in [-0.2, 0) is 9.59 Å². The lowest BCUT2D eigenvalue weighted by Crippen LogP contribution is -2.34. The van der Waals surface area contributed by atoms with E-state index in [9.17, 15) is 14.7 Å². The Kier molecular flexibility index (Phi) is 4.63. The smallest absolute Gasteiger partial charge is 0.333 e. The first-order chi connectivity index (χ1) is 9.56. The third-order valence-corrected chi connectivity index (χ3v) is 4.22. The second-order valence-corrected chi connectivity index (χ2v) is 5.69. The van der Waals surface area contributed by atoms with Gasteiger partial charge in [0.15, 0.2) is 5.78 Å². The minimum Gasteiger partial charge on any atom is -0.478 e. The standard InChI is InChI=1S/C16H23NO3/c1-3-4-5-7-11-14(16(19)20)10(2)17-12-8-6-9-13(18)15(11)12/h11,17H,3-9H2,1-2H3,(H,19,20). The van der Waals surface area contributed by atoms with Gasteiger partial charge in [-0.05, 0) is 26.2 Å². The van der Waals surface area contributed by atoms with Gasteiger partial charge < -0.3 is 10.4 Å². The molecular formula is C16H23NO3. The number of carbonyl (C=O) groups excluding carboxylic acids is 1. The van der Waals surface area contributed by atoms with Gasteiger partial charge in [0, 0.05) is 29.3 Å². The van der Waals surface area contributed by atoms with Crippen LogP contribution in [0.5, 0.6) is 0 Å². The first-order valence-corrected chi connectivity index (χ1v) is 7.53. The Morgan fingerprint density at radius 3 is 2.75 bits per heavy atom. The second kappa shape index (κ2) is 6.25. The van der Waals surface area contributed by atoms with Crippen molar-refractivity contribution >= 4 is 11.8 Å². The van der Waals surface area contributed by atoms with Crippen molar-refractivity contribution < 1.29 is 14.7 Å². The maximum atomic E-state index is 12.2. The number of rotatable bonds is 5. The van der Waals surface area contributed by atoms with Crippen molar-refractivity contribution in [1.82, 2.24) is 5.32 Å². The molecule has 0 amide bonds. The summed E-state index contributed by atoms with van der Waals surface area (Å²) in [4.78, 5) is 23.8. The Morgan fingerprint density at radius 2 is 2.10 bits per heavy atom. The van der Waals surface area contributed by atoms with E-state index in [1.165, 1.54) is 0 Å². The minimum atomic E-state index is -0.901.